The summed E-state index contributed by atoms with van der Waals surface area (Å²) in [7, 11) is 1.49. The van der Waals surface area contributed by atoms with E-state index in [1.54, 1.807) is 12.3 Å². The molecule has 2 rings (SSSR count). The first-order valence-electron chi connectivity index (χ1n) is 6.34. The van der Waals surface area contributed by atoms with E-state index < -0.39 is 6.03 Å². The second-order valence-electron chi connectivity index (χ2n) is 4.54. The molecule has 1 heterocycles. The molecule has 1 aromatic carbocycles. The summed E-state index contributed by atoms with van der Waals surface area (Å²) in [6.45, 7) is 2.10. The number of pyridine rings is 1. The molecule has 6 heteroatoms. The molecule has 0 unspecified atom stereocenters. The van der Waals surface area contributed by atoms with Gasteiger partial charge in [-0.25, -0.2) is 4.79 Å². The van der Waals surface area contributed by atoms with Crippen molar-refractivity contribution in [3.05, 3.63) is 52.1 Å². The van der Waals surface area contributed by atoms with Crippen LogP contribution in [0.4, 0.5) is 4.79 Å². The van der Waals surface area contributed by atoms with E-state index in [1.807, 2.05) is 31.2 Å². The molecule has 1 amide bonds. The summed E-state index contributed by atoms with van der Waals surface area (Å²) in [6.07, 6.45) is 1.55. The smallest absolute Gasteiger partial charge is 0.329 e. The molecule has 1 aromatic heterocycles. The average molecular weight is 350 g/mol. The zero-order valence-corrected chi connectivity index (χ0v) is 13.4. The Balaban J connectivity index is 2.49. The lowest BCUT2D eigenvalue weighted by Crippen LogP contribution is -2.37. The topological polar surface area (TPSA) is 67.1 Å². The highest BCUT2D eigenvalue weighted by Crippen LogP contribution is 2.24. The van der Waals surface area contributed by atoms with Gasteiger partial charge in [0, 0.05) is 23.3 Å². The summed E-state index contributed by atoms with van der Waals surface area (Å²) in [5.41, 5.74) is 2.81. The second kappa shape index (κ2) is 6.69. The van der Waals surface area contributed by atoms with E-state index >= 15 is 0 Å². The number of benzene rings is 1. The number of halogens is 1. The Morgan fingerprint density at radius 2 is 2.00 bits per heavy atom. The molecule has 110 valence electrons. The van der Waals surface area contributed by atoms with Crippen LogP contribution >= 0.6 is 15.9 Å². The highest BCUT2D eigenvalue weighted by Gasteiger charge is 2.12. The highest BCUT2D eigenvalue weighted by molar-refractivity contribution is 9.10. The number of carbonyl (C=O) groups is 1. The zero-order chi connectivity index (χ0) is 15.4. The number of nitrogens with one attached hydrogen (secondary N) is 2. The van der Waals surface area contributed by atoms with Gasteiger partial charge in [-0.05, 0) is 34.5 Å². The van der Waals surface area contributed by atoms with Gasteiger partial charge in [-0.15, -0.1) is 0 Å². The number of hydrogen-bond acceptors (Lipinski definition) is 3. The minimum Gasteiger partial charge on any atom is -0.364 e. The van der Waals surface area contributed by atoms with Crippen molar-refractivity contribution < 1.29 is 9.53 Å². The van der Waals surface area contributed by atoms with Crippen LogP contribution in [0.5, 0.6) is 0 Å². The van der Waals surface area contributed by atoms with Gasteiger partial charge >= 0.3 is 6.03 Å². The summed E-state index contributed by atoms with van der Waals surface area (Å²) in [6, 6.07) is 9.17. The number of nitrogens with zero attached hydrogens (tertiary/aromatic N) is 1. The first-order chi connectivity index (χ1) is 10.0. The summed E-state index contributed by atoms with van der Waals surface area (Å²) in [4.78, 5) is 12.0. The number of carbonyl (C=O) groups excluding carboxylic acids is 1. The lowest BCUT2D eigenvalue weighted by molar-refractivity contribution is 0.172. The number of ether oxygens (including phenoxy) is 1. The van der Waals surface area contributed by atoms with Crippen LogP contribution in [-0.4, -0.2) is 24.4 Å². The Hall–Kier alpha value is -1.92. The molecule has 0 aliphatic carbocycles. The third-order valence-corrected chi connectivity index (χ3v) is 3.67. The van der Waals surface area contributed by atoms with E-state index in [-0.39, 0.29) is 12.2 Å². The molecular weight excluding hydrogens is 334 g/mol. The van der Waals surface area contributed by atoms with E-state index in [0.29, 0.717) is 5.56 Å². The van der Waals surface area contributed by atoms with Crippen molar-refractivity contribution >= 4 is 22.0 Å². The number of amides is 1. The molecule has 5 nitrogen and oxygen atoms in total. The molecule has 0 saturated carbocycles. The molecular formula is C15H16BrN3O2. The van der Waals surface area contributed by atoms with Crippen molar-refractivity contribution in [1.82, 2.24) is 9.88 Å². The normalized spacial score (nSPS) is 10.4. The molecule has 21 heavy (non-hydrogen) atoms. The van der Waals surface area contributed by atoms with Gasteiger partial charge in [0.1, 0.15) is 12.2 Å². The van der Waals surface area contributed by atoms with Crippen LogP contribution in [0.15, 0.2) is 41.0 Å². The molecule has 0 aliphatic rings. The summed E-state index contributed by atoms with van der Waals surface area (Å²) < 4.78 is 6.83. The van der Waals surface area contributed by atoms with Crippen LogP contribution in [0.1, 0.15) is 5.56 Å². The van der Waals surface area contributed by atoms with Crippen molar-refractivity contribution in [2.45, 2.75) is 6.92 Å². The predicted molar refractivity (Wildman–Crippen MR) is 84.0 cm³/mol. The van der Waals surface area contributed by atoms with Crippen LogP contribution in [0.2, 0.25) is 0 Å². The fourth-order valence-electron chi connectivity index (χ4n) is 1.91. The van der Waals surface area contributed by atoms with E-state index in [4.69, 9.17) is 10.1 Å². The Kier molecular flexibility index (Phi) is 4.93. The first-order valence-corrected chi connectivity index (χ1v) is 7.14. The predicted octanol–water partition coefficient (Wildman–Crippen LogP) is 2.87. The number of aromatic nitrogens is 1. The van der Waals surface area contributed by atoms with Gasteiger partial charge in [0.05, 0.1) is 0 Å². The molecule has 0 fully saturated rings. The lowest BCUT2D eigenvalue weighted by Gasteiger charge is -2.12. The summed E-state index contributed by atoms with van der Waals surface area (Å²) >= 11 is 3.45. The van der Waals surface area contributed by atoms with Gasteiger partial charge in [0.25, 0.3) is 0 Å². The van der Waals surface area contributed by atoms with Crippen molar-refractivity contribution in [2.75, 3.05) is 13.8 Å². The third-order valence-electron chi connectivity index (χ3n) is 3.01. The lowest BCUT2D eigenvalue weighted by atomic mass is 10.1. The summed E-state index contributed by atoms with van der Waals surface area (Å²) in [5.74, 6) is 0. The quantitative estimate of drug-likeness (QED) is 0.836. The van der Waals surface area contributed by atoms with E-state index in [1.165, 1.54) is 11.7 Å². The van der Waals surface area contributed by atoms with Crippen LogP contribution in [0.25, 0.3) is 11.1 Å². The van der Waals surface area contributed by atoms with Gasteiger partial charge in [-0.2, -0.15) is 0 Å². The number of rotatable bonds is 3. The molecule has 0 atom stereocenters. The monoisotopic (exact) mass is 349 g/mol. The molecule has 0 radical (unpaired) electrons. The van der Waals surface area contributed by atoms with Crippen LogP contribution < -0.4 is 10.8 Å². The molecule has 2 N–H and O–H groups in total. The molecule has 0 aliphatic heterocycles. The maximum atomic E-state index is 12.0. The van der Waals surface area contributed by atoms with Gasteiger partial charge in [-0.1, -0.05) is 29.8 Å². The number of hydrogen-bond donors (Lipinski definition) is 2. The number of methoxy groups -OCH3 is 1. The minimum absolute atomic E-state index is 0.0984. The largest absolute Gasteiger partial charge is 0.364 e. The Morgan fingerprint density at radius 3 is 2.62 bits per heavy atom. The second-order valence-corrected chi connectivity index (χ2v) is 5.39. The number of aryl methyl sites for hydroxylation is 1. The Bertz CT molecular complexity index is 708. The van der Waals surface area contributed by atoms with E-state index in [0.717, 1.165) is 15.6 Å². The third kappa shape index (κ3) is 3.40. The Labute approximate surface area is 131 Å². The van der Waals surface area contributed by atoms with Crippen LogP contribution in [0.3, 0.4) is 0 Å². The maximum absolute atomic E-state index is 12.0. The van der Waals surface area contributed by atoms with Crippen LogP contribution in [0, 0.1) is 12.3 Å². The molecule has 0 bridgehead atoms. The SMILES string of the molecule is COCNC(=O)n1ccc(Br)c(-c2ccc(C)cc2)c1=N. The van der Waals surface area contributed by atoms with E-state index in [2.05, 4.69) is 21.2 Å². The standard InChI is InChI=1S/C15H16BrN3O2/c1-10-3-5-11(6-4-10)13-12(16)7-8-19(14(13)17)15(20)18-9-21-2/h3-8,17H,9H2,1-2H3,(H,18,20). The van der Waals surface area contributed by atoms with E-state index in [9.17, 15) is 4.79 Å². The zero-order valence-electron chi connectivity index (χ0n) is 11.8. The van der Waals surface area contributed by atoms with Crippen molar-refractivity contribution in [2.24, 2.45) is 0 Å². The summed E-state index contributed by atoms with van der Waals surface area (Å²) in [5, 5.41) is 10.8. The Morgan fingerprint density at radius 1 is 1.33 bits per heavy atom. The van der Waals surface area contributed by atoms with Gasteiger partial charge in [-0.3, -0.25) is 9.98 Å². The molecule has 2 aromatic rings. The van der Waals surface area contributed by atoms with Gasteiger partial charge in [0.15, 0.2) is 0 Å². The van der Waals surface area contributed by atoms with Gasteiger partial charge in [0.2, 0.25) is 0 Å². The van der Waals surface area contributed by atoms with Crippen molar-refractivity contribution in [3.8, 4) is 11.1 Å². The molecule has 0 spiro atoms. The fraction of sp³-hybridized carbons (Fsp3) is 0.200. The van der Waals surface area contributed by atoms with Crippen molar-refractivity contribution in [3.63, 3.8) is 0 Å². The minimum atomic E-state index is -0.400. The van der Waals surface area contributed by atoms with Gasteiger partial charge < -0.3 is 10.1 Å². The van der Waals surface area contributed by atoms with Crippen molar-refractivity contribution in [1.29, 1.82) is 5.41 Å². The average Bonchev–Trinajstić information content (AvgIpc) is 2.47. The van der Waals surface area contributed by atoms with Crippen LogP contribution in [-0.2, 0) is 4.74 Å². The highest BCUT2D eigenvalue weighted by atomic mass is 79.9. The maximum Gasteiger partial charge on any atom is 0.329 e. The first kappa shape index (κ1) is 15.5. The fourth-order valence-corrected chi connectivity index (χ4v) is 2.45. The molecule has 0 saturated heterocycles.